The predicted octanol–water partition coefficient (Wildman–Crippen LogP) is 3.67. The number of thiazole rings is 1. The predicted molar refractivity (Wildman–Crippen MR) is 105 cm³/mol. The van der Waals surface area contributed by atoms with E-state index in [0.717, 1.165) is 40.2 Å². The maximum atomic E-state index is 5.42. The summed E-state index contributed by atoms with van der Waals surface area (Å²) in [5, 5.41) is 11.7. The second kappa shape index (κ2) is 8.62. The van der Waals surface area contributed by atoms with Crippen LogP contribution in [0, 0.1) is 13.8 Å². The van der Waals surface area contributed by atoms with Crippen molar-refractivity contribution in [2.45, 2.75) is 33.9 Å². The summed E-state index contributed by atoms with van der Waals surface area (Å²) in [5.41, 5.74) is 2.89. The Labute approximate surface area is 157 Å². The van der Waals surface area contributed by atoms with Crippen LogP contribution in [-0.2, 0) is 13.1 Å². The highest BCUT2D eigenvalue weighted by molar-refractivity contribution is 7.11. The molecule has 3 aromatic rings. The maximum absolute atomic E-state index is 5.42. The van der Waals surface area contributed by atoms with Crippen molar-refractivity contribution >= 4 is 17.3 Å². The fourth-order valence-corrected chi connectivity index (χ4v) is 3.27. The third kappa shape index (κ3) is 4.70. The molecule has 0 amide bonds. The number of nitrogens with one attached hydrogen (secondary N) is 2. The minimum Gasteiger partial charge on any atom is -0.357 e. The van der Waals surface area contributed by atoms with Gasteiger partial charge in [-0.25, -0.2) is 9.98 Å². The zero-order valence-corrected chi connectivity index (χ0v) is 16.1. The molecule has 1 aromatic carbocycles. The molecule has 0 aliphatic rings. The molecule has 0 aliphatic carbocycles. The van der Waals surface area contributed by atoms with Gasteiger partial charge >= 0.3 is 0 Å². The first-order valence-corrected chi connectivity index (χ1v) is 9.43. The molecule has 2 heterocycles. The summed E-state index contributed by atoms with van der Waals surface area (Å²) in [5.74, 6) is 1.49. The second-order valence-electron chi connectivity index (χ2n) is 5.85. The number of aliphatic imine (C=N–C) groups is 1. The molecule has 0 fully saturated rings. The molecule has 0 radical (unpaired) electrons. The minimum absolute atomic E-state index is 0.446. The molecule has 0 unspecified atom stereocenters. The van der Waals surface area contributed by atoms with Crippen LogP contribution in [0.2, 0.25) is 0 Å². The summed E-state index contributed by atoms with van der Waals surface area (Å²) < 4.78 is 5.42. The number of nitrogens with zero attached hydrogens (tertiary/aromatic N) is 3. The lowest BCUT2D eigenvalue weighted by molar-refractivity contribution is 0.424. The molecule has 2 N–H and O–H groups in total. The maximum Gasteiger partial charge on any atom is 0.191 e. The van der Waals surface area contributed by atoms with Gasteiger partial charge in [0.25, 0.3) is 0 Å². The van der Waals surface area contributed by atoms with Crippen molar-refractivity contribution in [1.29, 1.82) is 0 Å². The average Bonchev–Trinajstić information content (AvgIpc) is 3.25. The van der Waals surface area contributed by atoms with Gasteiger partial charge < -0.3 is 15.2 Å². The molecule has 0 saturated carbocycles. The first-order chi connectivity index (χ1) is 12.7. The smallest absolute Gasteiger partial charge is 0.191 e. The number of guanidine groups is 1. The van der Waals surface area contributed by atoms with Gasteiger partial charge in [0, 0.05) is 23.1 Å². The Morgan fingerprint density at radius 2 is 2.00 bits per heavy atom. The zero-order valence-electron chi connectivity index (χ0n) is 15.2. The van der Waals surface area contributed by atoms with Crippen molar-refractivity contribution < 1.29 is 4.52 Å². The molecule has 2 aromatic heterocycles. The third-order valence-electron chi connectivity index (χ3n) is 3.84. The van der Waals surface area contributed by atoms with Gasteiger partial charge in [-0.15, -0.1) is 11.3 Å². The fraction of sp³-hybridized carbons (Fsp3) is 0.316. The molecule has 26 heavy (non-hydrogen) atoms. The number of rotatable bonds is 6. The molecular weight excluding hydrogens is 346 g/mol. The molecule has 0 aliphatic heterocycles. The fourth-order valence-electron chi connectivity index (χ4n) is 2.40. The minimum atomic E-state index is 0.446. The van der Waals surface area contributed by atoms with E-state index in [9.17, 15) is 0 Å². The van der Waals surface area contributed by atoms with Crippen LogP contribution >= 0.6 is 11.3 Å². The Morgan fingerprint density at radius 1 is 1.19 bits per heavy atom. The molecular formula is C19H23N5OS. The van der Waals surface area contributed by atoms with Crippen LogP contribution in [0.25, 0.3) is 11.3 Å². The summed E-state index contributed by atoms with van der Waals surface area (Å²) in [6, 6.07) is 11.9. The van der Waals surface area contributed by atoms with Gasteiger partial charge in [-0.3, -0.25) is 0 Å². The zero-order chi connectivity index (χ0) is 18.4. The van der Waals surface area contributed by atoms with E-state index in [1.54, 1.807) is 11.3 Å². The molecule has 0 bridgehead atoms. The quantitative estimate of drug-likeness (QED) is 0.512. The number of hydrogen-bond donors (Lipinski definition) is 2. The molecule has 0 atom stereocenters. The highest BCUT2D eigenvalue weighted by Crippen LogP contribution is 2.20. The van der Waals surface area contributed by atoms with Gasteiger partial charge in [-0.2, -0.15) is 0 Å². The van der Waals surface area contributed by atoms with Crippen LogP contribution in [0.15, 0.2) is 45.9 Å². The summed E-state index contributed by atoms with van der Waals surface area (Å²) >= 11 is 1.71. The summed E-state index contributed by atoms with van der Waals surface area (Å²) in [4.78, 5) is 10.4. The first kappa shape index (κ1) is 18.1. The highest BCUT2D eigenvalue weighted by atomic mass is 32.1. The van der Waals surface area contributed by atoms with Crippen molar-refractivity contribution in [1.82, 2.24) is 20.8 Å². The van der Waals surface area contributed by atoms with Crippen LogP contribution < -0.4 is 10.6 Å². The van der Waals surface area contributed by atoms with Crippen LogP contribution in [-0.4, -0.2) is 22.6 Å². The molecule has 7 heteroatoms. The Balaban J connectivity index is 1.63. The van der Waals surface area contributed by atoms with E-state index in [1.165, 1.54) is 4.88 Å². The van der Waals surface area contributed by atoms with Crippen LogP contribution in [0.3, 0.4) is 0 Å². The highest BCUT2D eigenvalue weighted by Gasteiger charge is 2.07. The van der Waals surface area contributed by atoms with Crippen molar-refractivity contribution in [3.8, 4) is 11.3 Å². The van der Waals surface area contributed by atoms with Crippen molar-refractivity contribution in [2.75, 3.05) is 6.54 Å². The first-order valence-electron chi connectivity index (χ1n) is 8.61. The summed E-state index contributed by atoms with van der Waals surface area (Å²) in [6.07, 6.45) is 0. The van der Waals surface area contributed by atoms with E-state index in [1.807, 2.05) is 50.2 Å². The number of aryl methyl sites for hydroxylation is 2. The van der Waals surface area contributed by atoms with Crippen LogP contribution in [0.1, 0.15) is 28.2 Å². The van der Waals surface area contributed by atoms with E-state index in [0.29, 0.717) is 13.1 Å². The summed E-state index contributed by atoms with van der Waals surface area (Å²) in [6.45, 7) is 8.05. The Hall–Kier alpha value is -2.67. The average molecular weight is 369 g/mol. The lowest BCUT2D eigenvalue weighted by Crippen LogP contribution is -2.36. The van der Waals surface area contributed by atoms with Gasteiger partial charge in [0.15, 0.2) is 11.7 Å². The van der Waals surface area contributed by atoms with E-state index < -0.39 is 0 Å². The molecule has 6 nitrogen and oxygen atoms in total. The largest absolute Gasteiger partial charge is 0.357 e. The molecule has 3 rings (SSSR count). The van der Waals surface area contributed by atoms with Crippen molar-refractivity contribution in [2.24, 2.45) is 4.99 Å². The number of aromatic nitrogens is 2. The van der Waals surface area contributed by atoms with Gasteiger partial charge in [-0.1, -0.05) is 35.5 Å². The van der Waals surface area contributed by atoms with Gasteiger partial charge in [0.1, 0.15) is 10.7 Å². The van der Waals surface area contributed by atoms with Crippen molar-refractivity contribution in [3.63, 3.8) is 0 Å². The van der Waals surface area contributed by atoms with E-state index in [2.05, 4.69) is 32.7 Å². The van der Waals surface area contributed by atoms with Crippen LogP contribution in [0.4, 0.5) is 0 Å². The molecule has 0 saturated heterocycles. The Bertz CT molecular complexity index is 850. The normalized spacial score (nSPS) is 11.6. The van der Waals surface area contributed by atoms with Crippen molar-refractivity contribution in [3.05, 3.63) is 57.7 Å². The Morgan fingerprint density at radius 3 is 2.69 bits per heavy atom. The number of benzene rings is 1. The lowest BCUT2D eigenvalue weighted by atomic mass is 10.2. The lowest BCUT2D eigenvalue weighted by Gasteiger charge is -2.09. The topological polar surface area (TPSA) is 75.3 Å². The van der Waals surface area contributed by atoms with Gasteiger partial charge in [-0.05, 0) is 20.8 Å². The third-order valence-corrected chi connectivity index (χ3v) is 4.91. The SMILES string of the molecule is CCNC(=NCc1cc(-c2ccccc2)on1)NCc1nc(C)c(C)s1. The van der Waals surface area contributed by atoms with Crippen LogP contribution in [0.5, 0.6) is 0 Å². The molecule has 0 spiro atoms. The Kier molecular flexibility index (Phi) is 6.01. The van der Waals surface area contributed by atoms with E-state index >= 15 is 0 Å². The monoisotopic (exact) mass is 369 g/mol. The summed E-state index contributed by atoms with van der Waals surface area (Å²) in [7, 11) is 0. The van der Waals surface area contributed by atoms with Gasteiger partial charge in [0.2, 0.25) is 0 Å². The molecule has 136 valence electrons. The standard InChI is InChI=1S/C19H23N5OS/c1-4-20-19(22-12-18-23-13(2)14(3)26-18)21-11-16-10-17(25-24-16)15-8-6-5-7-9-15/h5-10H,4,11-12H2,1-3H3,(H2,20,21,22). The van der Waals surface area contributed by atoms with Gasteiger partial charge in [0.05, 0.1) is 18.8 Å². The second-order valence-corrected chi connectivity index (χ2v) is 7.13. The van der Waals surface area contributed by atoms with E-state index in [4.69, 9.17) is 4.52 Å². The van der Waals surface area contributed by atoms with E-state index in [-0.39, 0.29) is 0 Å². The number of hydrogen-bond acceptors (Lipinski definition) is 5.